The number of alkyl carbamates (subject to hydrolysis) is 1. The highest BCUT2D eigenvalue weighted by molar-refractivity contribution is 6.00. The van der Waals surface area contributed by atoms with E-state index < -0.39 is 23.6 Å². The second-order valence-corrected chi connectivity index (χ2v) is 8.99. The van der Waals surface area contributed by atoms with E-state index in [-0.39, 0.29) is 31.0 Å². The summed E-state index contributed by atoms with van der Waals surface area (Å²) >= 11 is 0. The van der Waals surface area contributed by atoms with E-state index in [9.17, 15) is 19.2 Å². The molecule has 0 spiro atoms. The van der Waals surface area contributed by atoms with Gasteiger partial charge in [0.15, 0.2) is 0 Å². The summed E-state index contributed by atoms with van der Waals surface area (Å²) in [4.78, 5) is 48.3. The van der Waals surface area contributed by atoms with Crippen LogP contribution in [0.15, 0.2) is 23.0 Å². The summed E-state index contributed by atoms with van der Waals surface area (Å²) in [5, 5.41) is 4.96. The number of rotatable bonds is 6. The molecule has 1 fully saturated rings. The van der Waals surface area contributed by atoms with Gasteiger partial charge in [-0.2, -0.15) is 0 Å². The highest BCUT2D eigenvalue weighted by atomic mass is 16.6. The van der Waals surface area contributed by atoms with Gasteiger partial charge in [0.25, 0.3) is 0 Å². The lowest BCUT2D eigenvalue weighted by atomic mass is 10.1. The fraction of sp³-hybridized carbons (Fsp3) is 0.500. The van der Waals surface area contributed by atoms with Gasteiger partial charge in [0.1, 0.15) is 18.2 Å². The zero-order valence-electron chi connectivity index (χ0n) is 19.9. The Morgan fingerprint density at radius 1 is 1.26 bits per heavy atom. The van der Waals surface area contributed by atoms with Gasteiger partial charge in [-0.05, 0) is 45.7 Å². The molecule has 182 valence electrons. The minimum atomic E-state index is -0.741. The van der Waals surface area contributed by atoms with Crippen molar-refractivity contribution in [3.05, 3.63) is 34.2 Å². The normalized spacial score (nSPS) is 16.1. The first-order valence-corrected chi connectivity index (χ1v) is 11.2. The van der Waals surface area contributed by atoms with Gasteiger partial charge in [-0.1, -0.05) is 17.9 Å². The monoisotopic (exact) mass is 470 g/mol. The van der Waals surface area contributed by atoms with Gasteiger partial charge in [-0.15, -0.1) is 0 Å². The molecule has 10 nitrogen and oxygen atoms in total. The first-order chi connectivity index (χ1) is 16.1. The van der Waals surface area contributed by atoms with Crippen LogP contribution in [0.5, 0.6) is 0 Å². The molecule has 1 aromatic heterocycles. The Bertz CT molecular complexity index is 1210. The molecule has 2 heterocycles. The van der Waals surface area contributed by atoms with E-state index in [0.717, 1.165) is 0 Å². The molecule has 0 bridgehead atoms. The number of imide groups is 1. The van der Waals surface area contributed by atoms with Crippen molar-refractivity contribution in [2.45, 2.75) is 51.7 Å². The van der Waals surface area contributed by atoms with Gasteiger partial charge in [0, 0.05) is 26.6 Å². The van der Waals surface area contributed by atoms with Crippen LogP contribution in [0.2, 0.25) is 0 Å². The summed E-state index contributed by atoms with van der Waals surface area (Å²) in [7, 11) is 1.63. The molecule has 3 amide bonds. The first-order valence-electron chi connectivity index (χ1n) is 11.2. The van der Waals surface area contributed by atoms with E-state index in [1.54, 1.807) is 46.0 Å². The molecule has 0 radical (unpaired) electrons. The second-order valence-electron chi connectivity index (χ2n) is 8.99. The zero-order valence-corrected chi connectivity index (χ0v) is 19.9. The number of aromatic nitrogens is 2. The molecular formula is C24H30N4O6. The van der Waals surface area contributed by atoms with Crippen molar-refractivity contribution in [1.82, 2.24) is 19.8 Å². The molecule has 3 rings (SSSR count). The van der Waals surface area contributed by atoms with Crippen molar-refractivity contribution in [2.24, 2.45) is 7.05 Å². The minimum Gasteiger partial charge on any atom is -0.444 e. The predicted molar refractivity (Wildman–Crippen MR) is 125 cm³/mol. The largest absolute Gasteiger partial charge is 0.444 e. The maximum Gasteiger partial charge on any atom is 0.407 e. The standard InChI is InChI=1S/C24H30N4O6/c1-24(2,3)34-22(31)25-13-7-15-33-14-6-9-16-8-5-10-17-20(16)27(4)23(32)28(17)18-11-12-19(29)26-21(18)30/h5,8,10,18H,7,11-15H2,1-4H3,(H,25,31)(H,26,29,30). The molecule has 1 aliphatic heterocycles. The van der Waals surface area contributed by atoms with Gasteiger partial charge in [-0.25, -0.2) is 9.59 Å². The smallest absolute Gasteiger partial charge is 0.407 e. The predicted octanol–water partition coefficient (Wildman–Crippen LogP) is 1.60. The zero-order chi connectivity index (χ0) is 24.9. The van der Waals surface area contributed by atoms with Crippen LogP contribution >= 0.6 is 0 Å². The highest BCUT2D eigenvalue weighted by Gasteiger charge is 2.31. The number of fused-ring (bicyclic) bond motifs is 1. The molecule has 0 saturated carbocycles. The van der Waals surface area contributed by atoms with E-state index >= 15 is 0 Å². The SMILES string of the molecule is Cn1c(=O)n(C2CCC(=O)NC2=O)c2cccc(C#CCOCCCNC(=O)OC(C)(C)C)c21. The van der Waals surface area contributed by atoms with Crippen LogP contribution in [-0.2, 0) is 26.1 Å². The summed E-state index contributed by atoms with van der Waals surface area (Å²) in [6.45, 7) is 6.44. The third-order valence-corrected chi connectivity index (χ3v) is 5.16. The Hall–Kier alpha value is -3.58. The number of para-hydroxylation sites is 1. The number of piperidine rings is 1. The number of nitrogens with one attached hydrogen (secondary N) is 2. The van der Waals surface area contributed by atoms with Gasteiger partial charge in [0.2, 0.25) is 11.8 Å². The molecule has 2 aromatic rings. The van der Waals surface area contributed by atoms with Crippen molar-refractivity contribution in [3.63, 3.8) is 0 Å². The van der Waals surface area contributed by atoms with Crippen molar-refractivity contribution >= 4 is 28.9 Å². The van der Waals surface area contributed by atoms with Gasteiger partial charge in [0.05, 0.1) is 16.6 Å². The van der Waals surface area contributed by atoms with E-state index in [0.29, 0.717) is 36.2 Å². The number of nitrogens with zero attached hydrogens (tertiary/aromatic N) is 2. The molecule has 0 aliphatic carbocycles. The summed E-state index contributed by atoms with van der Waals surface area (Å²) < 4.78 is 13.6. The quantitative estimate of drug-likeness (QED) is 0.376. The maximum absolute atomic E-state index is 12.9. The average Bonchev–Trinajstić information content (AvgIpc) is 3.00. The Kier molecular flexibility index (Phi) is 7.79. The number of aryl methyl sites for hydroxylation is 1. The van der Waals surface area contributed by atoms with E-state index in [2.05, 4.69) is 22.5 Å². The number of benzene rings is 1. The van der Waals surface area contributed by atoms with Gasteiger partial charge >= 0.3 is 11.8 Å². The Morgan fingerprint density at radius 2 is 2.03 bits per heavy atom. The first kappa shape index (κ1) is 25.1. The lowest BCUT2D eigenvalue weighted by Gasteiger charge is -2.21. The highest BCUT2D eigenvalue weighted by Crippen LogP contribution is 2.24. The maximum atomic E-state index is 12.9. The number of ether oxygens (including phenoxy) is 2. The third-order valence-electron chi connectivity index (χ3n) is 5.16. The van der Waals surface area contributed by atoms with Crippen LogP contribution in [-0.4, -0.2) is 52.4 Å². The number of imidazole rings is 1. The minimum absolute atomic E-state index is 0.184. The van der Waals surface area contributed by atoms with Crippen LogP contribution < -0.4 is 16.3 Å². The number of hydrogen-bond donors (Lipinski definition) is 2. The van der Waals surface area contributed by atoms with Crippen LogP contribution in [0.25, 0.3) is 11.0 Å². The van der Waals surface area contributed by atoms with Gasteiger partial charge < -0.3 is 14.8 Å². The van der Waals surface area contributed by atoms with Crippen molar-refractivity contribution in [3.8, 4) is 11.8 Å². The second kappa shape index (κ2) is 10.6. The van der Waals surface area contributed by atoms with Crippen LogP contribution in [0, 0.1) is 11.8 Å². The average molecular weight is 471 g/mol. The topological polar surface area (TPSA) is 121 Å². The Morgan fingerprint density at radius 3 is 2.74 bits per heavy atom. The van der Waals surface area contributed by atoms with Crippen LogP contribution in [0.3, 0.4) is 0 Å². The van der Waals surface area contributed by atoms with E-state index in [1.807, 2.05) is 0 Å². The van der Waals surface area contributed by atoms with Crippen molar-refractivity contribution < 1.29 is 23.9 Å². The molecule has 1 atom stereocenters. The number of carbonyl (C=O) groups is 3. The molecule has 34 heavy (non-hydrogen) atoms. The summed E-state index contributed by atoms with van der Waals surface area (Å²) in [5.41, 5.74) is 0.964. The molecule has 1 aromatic carbocycles. The summed E-state index contributed by atoms with van der Waals surface area (Å²) in [5.74, 6) is 5.17. The number of carbonyl (C=O) groups excluding carboxylic acids is 3. The van der Waals surface area contributed by atoms with E-state index in [1.165, 1.54) is 9.13 Å². The summed E-state index contributed by atoms with van der Waals surface area (Å²) in [6.07, 6.45) is 0.606. The van der Waals surface area contributed by atoms with Gasteiger partial charge in [-0.3, -0.25) is 24.0 Å². The third kappa shape index (κ3) is 6.05. The molecular weight excluding hydrogens is 440 g/mol. The summed E-state index contributed by atoms with van der Waals surface area (Å²) in [6, 6.07) is 4.60. The van der Waals surface area contributed by atoms with Crippen LogP contribution in [0.4, 0.5) is 4.79 Å². The van der Waals surface area contributed by atoms with Crippen LogP contribution in [0.1, 0.15) is 51.6 Å². The fourth-order valence-electron chi connectivity index (χ4n) is 3.70. The molecule has 1 aliphatic rings. The van der Waals surface area contributed by atoms with Crippen molar-refractivity contribution in [2.75, 3.05) is 19.8 Å². The number of hydrogen-bond acceptors (Lipinski definition) is 6. The van der Waals surface area contributed by atoms with Crippen molar-refractivity contribution in [1.29, 1.82) is 0 Å². The Labute approximate surface area is 197 Å². The lowest BCUT2D eigenvalue weighted by Crippen LogP contribution is -2.44. The fourth-order valence-corrected chi connectivity index (χ4v) is 3.70. The Balaban J connectivity index is 1.61. The molecule has 2 N–H and O–H groups in total. The lowest BCUT2D eigenvalue weighted by molar-refractivity contribution is -0.135. The molecule has 1 saturated heterocycles. The molecule has 10 heteroatoms. The number of amides is 3. The van der Waals surface area contributed by atoms with E-state index in [4.69, 9.17) is 9.47 Å². The molecule has 1 unspecified atom stereocenters.